The maximum absolute atomic E-state index is 2.39. The van der Waals surface area contributed by atoms with E-state index in [0.717, 1.165) is 5.92 Å². The van der Waals surface area contributed by atoms with Gasteiger partial charge in [0.2, 0.25) is 0 Å². The zero-order valence-electron chi connectivity index (χ0n) is 7.91. The Morgan fingerprint density at radius 2 is 1.60 bits per heavy atom. The Morgan fingerprint density at radius 1 is 1.10 bits per heavy atom. The van der Waals surface area contributed by atoms with Crippen molar-refractivity contribution in [2.75, 3.05) is 0 Å². The Bertz CT molecular complexity index is 65.1. The van der Waals surface area contributed by atoms with Crippen molar-refractivity contribution in [2.45, 2.75) is 47.4 Å². The van der Waals surface area contributed by atoms with E-state index >= 15 is 0 Å². The van der Waals surface area contributed by atoms with Gasteiger partial charge in [-0.2, -0.15) is 0 Å². The molecule has 0 amide bonds. The summed E-state index contributed by atoms with van der Waals surface area (Å²) in [6, 6.07) is 0. The molecule has 0 aromatic heterocycles. The molecule has 0 aromatic carbocycles. The van der Waals surface area contributed by atoms with E-state index in [4.69, 9.17) is 0 Å². The van der Waals surface area contributed by atoms with E-state index in [9.17, 15) is 0 Å². The number of hydrogen-bond acceptors (Lipinski definition) is 0. The van der Waals surface area contributed by atoms with Crippen LogP contribution in [0.1, 0.15) is 34.1 Å². The van der Waals surface area contributed by atoms with Gasteiger partial charge in [0.1, 0.15) is 0 Å². The van der Waals surface area contributed by atoms with Crippen molar-refractivity contribution in [3.63, 3.8) is 0 Å². The maximum atomic E-state index is 2.39. The second-order valence-electron chi connectivity index (χ2n) is 3.39. The van der Waals surface area contributed by atoms with E-state index in [1.807, 2.05) is 0 Å². The SMILES string of the molecule is C[CH2][Sn]([CH2]C)[CH2]CC(C)C. The summed E-state index contributed by atoms with van der Waals surface area (Å²) in [7, 11) is 0. The molecule has 0 heterocycles. The molecule has 1 heteroatoms. The molecule has 0 nitrogen and oxygen atoms in total. The van der Waals surface area contributed by atoms with Crippen LogP contribution in [0.4, 0.5) is 0 Å². The summed E-state index contributed by atoms with van der Waals surface area (Å²) in [6.07, 6.45) is 1.50. The van der Waals surface area contributed by atoms with Gasteiger partial charge < -0.3 is 0 Å². The molecular weight excluding hydrogens is 227 g/mol. The van der Waals surface area contributed by atoms with Gasteiger partial charge in [0, 0.05) is 0 Å². The summed E-state index contributed by atoms with van der Waals surface area (Å²) < 4.78 is 4.75. The second-order valence-corrected chi connectivity index (χ2v) is 13.1. The van der Waals surface area contributed by atoms with Crippen molar-refractivity contribution >= 4 is 19.8 Å². The fourth-order valence-corrected chi connectivity index (χ4v) is 7.35. The van der Waals surface area contributed by atoms with Crippen LogP contribution < -0.4 is 0 Å². The molecule has 10 heavy (non-hydrogen) atoms. The van der Waals surface area contributed by atoms with Crippen molar-refractivity contribution in [1.29, 1.82) is 0 Å². The molecule has 0 unspecified atom stereocenters. The van der Waals surface area contributed by atoms with Crippen molar-refractivity contribution in [1.82, 2.24) is 0 Å². The molecule has 1 radical (unpaired) electrons. The quantitative estimate of drug-likeness (QED) is 0.652. The van der Waals surface area contributed by atoms with Crippen LogP contribution in [-0.4, -0.2) is 19.8 Å². The average Bonchev–Trinajstić information content (AvgIpc) is 1.90. The molecule has 0 fully saturated rings. The van der Waals surface area contributed by atoms with Gasteiger partial charge in [0.25, 0.3) is 0 Å². The Labute approximate surface area is 73.1 Å². The minimum absolute atomic E-state index is 0.763. The van der Waals surface area contributed by atoms with Crippen LogP contribution in [0.2, 0.25) is 13.3 Å². The third-order valence-electron chi connectivity index (χ3n) is 2.08. The van der Waals surface area contributed by atoms with Gasteiger partial charge in [0.05, 0.1) is 0 Å². The molecule has 0 aliphatic carbocycles. The summed E-state index contributed by atoms with van der Waals surface area (Å²) in [5.41, 5.74) is 0. The van der Waals surface area contributed by atoms with Crippen LogP contribution in [-0.2, 0) is 0 Å². The third-order valence-corrected chi connectivity index (χ3v) is 10.6. The molecule has 0 N–H and O–H groups in total. The van der Waals surface area contributed by atoms with Crippen LogP contribution >= 0.6 is 0 Å². The summed E-state index contributed by atoms with van der Waals surface area (Å²) in [4.78, 5) is 0. The molecule has 0 saturated carbocycles. The minimum atomic E-state index is -0.763. The predicted octanol–water partition coefficient (Wildman–Crippen LogP) is 3.57. The summed E-state index contributed by atoms with van der Waals surface area (Å²) in [5.74, 6) is 0.939. The van der Waals surface area contributed by atoms with Gasteiger partial charge in [-0.1, -0.05) is 0 Å². The number of rotatable bonds is 5. The van der Waals surface area contributed by atoms with E-state index in [1.165, 1.54) is 6.42 Å². The summed E-state index contributed by atoms with van der Waals surface area (Å²) in [6.45, 7) is 9.45. The van der Waals surface area contributed by atoms with Crippen LogP contribution in [0.3, 0.4) is 0 Å². The zero-order chi connectivity index (χ0) is 7.98. The van der Waals surface area contributed by atoms with E-state index in [2.05, 4.69) is 27.7 Å². The Balaban J connectivity index is 3.26. The molecule has 0 aliphatic rings. The average molecular weight is 248 g/mol. The van der Waals surface area contributed by atoms with E-state index in [1.54, 1.807) is 13.3 Å². The first-order valence-corrected chi connectivity index (χ1v) is 10.6. The molecule has 0 atom stereocenters. The number of hydrogen-bond donors (Lipinski definition) is 0. The summed E-state index contributed by atoms with van der Waals surface area (Å²) in [5, 5.41) is 0. The van der Waals surface area contributed by atoms with Crippen LogP contribution in [0, 0.1) is 5.92 Å². The fraction of sp³-hybridized carbons (Fsp3) is 1.00. The molecule has 0 saturated heterocycles. The third kappa shape index (κ3) is 5.57. The van der Waals surface area contributed by atoms with Gasteiger partial charge in [-0.15, -0.1) is 0 Å². The molecule has 0 aromatic rings. The Morgan fingerprint density at radius 3 is 1.90 bits per heavy atom. The molecular formula is C9H21Sn. The molecule has 61 valence electrons. The van der Waals surface area contributed by atoms with E-state index < -0.39 is 19.8 Å². The van der Waals surface area contributed by atoms with Crippen molar-refractivity contribution in [3.05, 3.63) is 0 Å². The molecule has 0 aliphatic heterocycles. The summed E-state index contributed by atoms with van der Waals surface area (Å²) >= 11 is -0.763. The topological polar surface area (TPSA) is 0 Å². The first-order chi connectivity index (χ1) is 4.70. The van der Waals surface area contributed by atoms with E-state index in [-0.39, 0.29) is 0 Å². The fourth-order valence-electron chi connectivity index (χ4n) is 1.10. The van der Waals surface area contributed by atoms with Crippen LogP contribution in [0.5, 0.6) is 0 Å². The van der Waals surface area contributed by atoms with Gasteiger partial charge in [-0.3, -0.25) is 0 Å². The van der Waals surface area contributed by atoms with Gasteiger partial charge >= 0.3 is 73.1 Å². The van der Waals surface area contributed by atoms with Crippen LogP contribution in [0.25, 0.3) is 0 Å². The standard InChI is InChI=1S/C5H11.2C2H5.Sn/c1-4-5(2)3;2*1-2;/h5H,1,4H2,2-3H3;2*1H2,2H3;. The van der Waals surface area contributed by atoms with Crippen molar-refractivity contribution in [2.24, 2.45) is 5.92 Å². The van der Waals surface area contributed by atoms with Gasteiger partial charge in [-0.05, 0) is 0 Å². The second kappa shape index (κ2) is 6.51. The zero-order valence-corrected chi connectivity index (χ0v) is 10.8. The Hall–Kier alpha value is 0.799. The van der Waals surface area contributed by atoms with Crippen molar-refractivity contribution < 1.29 is 0 Å². The predicted molar refractivity (Wildman–Crippen MR) is 51.0 cm³/mol. The van der Waals surface area contributed by atoms with Crippen LogP contribution in [0.15, 0.2) is 0 Å². The van der Waals surface area contributed by atoms with Gasteiger partial charge in [0.15, 0.2) is 0 Å². The van der Waals surface area contributed by atoms with Gasteiger partial charge in [-0.25, -0.2) is 0 Å². The monoisotopic (exact) mass is 249 g/mol. The van der Waals surface area contributed by atoms with Crippen molar-refractivity contribution in [3.8, 4) is 0 Å². The first-order valence-electron chi connectivity index (χ1n) is 4.54. The Kier molecular flexibility index (Phi) is 7.02. The first kappa shape index (κ1) is 10.8. The normalized spacial score (nSPS) is 11.4. The van der Waals surface area contributed by atoms with E-state index in [0.29, 0.717) is 0 Å². The molecule has 0 bridgehead atoms. The molecule has 0 rings (SSSR count). The molecule has 0 spiro atoms.